The molecule has 0 saturated carbocycles. The lowest BCUT2D eigenvalue weighted by Gasteiger charge is -2.19. The molecular formula is C23H25ClN6O6S. The maximum Gasteiger partial charge on any atom is 0.414 e. The van der Waals surface area contributed by atoms with Crippen LogP contribution in [0.25, 0.3) is 0 Å². The molecule has 0 fully saturated rings. The first-order chi connectivity index (χ1) is 17.4. The Morgan fingerprint density at radius 1 is 1.03 bits per heavy atom. The summed E-state index contributed by atoms with van der Waals surface area (Å²) in [7, 11) is 0.339. The summed E-state index contributed by atoms with van der Waals surface area (Å²) < 4.78 is 32.0. The van der Waals surface area contributed by atoms with Crippen LogP contribution in [0.15, 0.2) is 53.4 Å². The number of nitrogens with zero attached hydrogens (tertiary/aromatic N) is 5. The summed E-state index contributed by atoms with van der Waals surface area (Å²) >= 11 is 6.00. The van der Waals surface area contributed by atoms with Gasteiger partial charge < -0.3 is 20.1 Å². The second-order valence-corrected chi connectivity index (χ2v) is 10.5. The molecule has 14 heteroatoms. The van der Waals surface area contributed by atoms with Crippen LogP contribution < -0.4 is 14.4 Å². The first-order valence-corrected chi connectivity index (χ1v) is 12.6. The van der Waals surface area contributed by atoms with Gasteiger partial charge in [-0.2, -0.15) is 15.0 Å². The van der Waals surface area contributed by atoms with Crippen LogP contribution in [0.4, 0.5) is 16.7 Å². The maximum absolute atomic E-state index is 13.0. The molecule has 1 heterocycles. The molecule has 0 aliphatic rings. The van der Waals surface area contributed by atoms with Gasteiger partial charge in [0.15, 0.2) is 0 Å². The second-order valence-electron chi connectivity index (χ2n) is 8.16. The van der Waals surface area contributed by atoms with Gasteiger partial charge in [-0.1, -0.05) is 29.8 Å². The van der Waals surface area contributed by atoms with Crippen molar-refractivity contribution in [2.24, 2.45) is 0 Å². The summed E-state index contributed by atoms with van der Waals surface area (Å²) in [6.45, 7) is 1.83. The summed E-state index contributed by atoms with van der Waals surface area (Å²) in [6.07, 6.45) is -0.539. The van der Waals surface area contributed by atoms with E-state index in [1.807, 2.05) is 6.92 Å². The number of hydrogen-bond acceptors (Lipinski definition) is 9. The van der Waals surface area contributed by atoms with Gasteiger partial charge in [-0.25, -0.2) is 22.3 Å². The SMILES string of the molecule is Cc1ccc(S(=O)(=O)N(C)c2nc(Cl)nc(N[C@@H](Cc3ccc(OC(=O)N(C)C)cc3)C(=O)O)n2)cc1. The van der Waals surface area contributed by atoms with Crippen molar-refractivity contribution < 1.29 is 27.9 Å². The molecule has 196 valence electrons. The van der Waals surface area contributed by atoms with Crippen molar-refractivity contribution in [3.8, 4) is 5.75 Å². The van der Waals surface area contributed by atoms with Gasteiger partial charge >= 0.3 is 12.1 Å². The number of aryl methyl sites for hydroxylation is 1. The smallest absolute Gasteiger partial charge is 0.414 e. The molecule has 3 rings (SSSR count). The van der Waals surface area contributed by atoms with Crippen LogP contribution in [0.3, 0.4) is 0 Å². The number of benzene rings is 2. The highest BCUT2D eigenvalue weighted by Crippen LogP contribution is 2.22. The number of aromatic nitrogens is 3. The number of halogens is 1. The van der Waals surface area contributed by atoms with Crippen molar-refractivity contribution in [1.82, 2.24) is 19.9 Å². The predicted molar refractivity (Wildman–Crippen MR) is 137 cm³/mol. The minimum absolute atomic E-state index is 0.00732. The number of ether oxygens (including phenoxy) is 1. The van der Waals surface area contributed by atoms with Gasteiger partial charge in [-0.3, -0.25) is 0 Å². The summed E-state index contributed by atoms with van der Waals surface area (Å²) in [6, 6.07) is 11.3. The van der Waals surface area contributed by atoms with E-state index in [9.17, 15) is 23.1 Å². The van der Waals surface area contributed by atoms with Crippen LogP contribution in [0.5, 0.6) is 5.75 Å². The Morgan fingerprint density at radius 2 is 1.65 bits per heavy atom. The molecule has 0 spiro atoms. The molecule has 3 aromatic rings. The molecule has 0 aliphatic carbocycles. The molecule has 1 aromatic heterocycles. The standard InChI is InChI=1S/C23H25ClN6O6S/c1-14-5-11-17(12-6-14)37(34,35)30(4)22-27-20(24)26-21(28-22)25-18(19(31)32)13-15-7-9-16(10-8-15)36-23(33)29(2)3/h5-12,18H,13H2,1-4H3,(H,31,32)(H,25,26,27,28)/t18-/m0/s1. The van der Waals surface area contributed by atoms with E-state index < -0.39 is 28.1 Å². The Kier molecular flexibility index (Phi) is 8.50. The first-order valence-electron chi connectivity index (χ1n) is 10.8. The highest BCUT2D eigenvalue weighted by Gasteiger charge is 2.26. The number of sulfonamides is 1. The van der Waals surface area contributed by atoms with Gasteiger partial charge in [-0.05, 0) is 48.4 Å². The Morgan fingerprint density at radius 3 is 2.22 bits per heavy atom. The number of carboxylic acid groups (broad SMARTS) is 1. The first kappa shape index (κ1) is 27.6. The monoisotopic (exact) mass is 548 g/mol. The average Bonchev–Trinajstić information content (AvgIpc) is 2.84. The molecule has 0 aliphatic heterocycles. The molecule has 0 bridgehead atoms. The largest absolute Gasteiger partial charge is 0.480 e. The Bertz CT molecular complexity index is 1380. The molecule has 0 unspecified atom stereocenters. The minimum Gasteiger partial charge on any atom is -0.480 e. The van der Waals surface area contributed by atoms with Crippen LogP contribution in [-0.2, 0) is 21.2 Å². The number of carbonyl (C=O) groups is 2. The van der Waals surface area contributed by atoms with E-state index in [0.717, 1.165) is 9.87 Å². The Labute approximate surface area is 218 Å². The van der Waals surface area contributed by atoms with E-state index in [-0.39, 0.29) is 28.5 Å². The number of hydrogen-bond donors (Lipinski definition) is 2. The third kappa shape index (κ3) is 7.05. The predicted octanol–water partition coefficient (Wildman–Crippen LogP) is 2.83. The average molecular weight is 549 g/mol. The van der Waals surface area contributed by atoms with E-state index in [1.165, 1.54) is 24.1 Å². The van der Waals surface area contributed by atoms with Crippen molar-refractivity contribution >= 4 is 45.6 Å². The highest BCUT2D eigenvalue weighted by molar-refractivity contribution is 7.92. The quantitative estimate of drug-likeness (QED) is 0.407. The number of amides is 1. The van der Waals surface area contributed by atoms with E-state index >= 15 is 0 Å². The van der Waals surface area contributed by atoms with Gasteiger partial charge in [0.05, 0.1) is 4.90 Å². The summed E-state index contributed by atoms with van der Waals surface area (Å²) in [5.41, 5.74) is 1.50. The van der Waals surface area contributed by atoms with Gasteiger partial charge in [0.25, 0.3) is 10.0 Å². The molecule has 1 amide bonds. The van der Waals surface area contributed by atoms with Crippen LogP contribution in [0.2, 0.25) is 5.28 Å². The van der Waals surface area contributed by atoms with E-state index in [0.29, 0.717) is 11.3 Å². The fourth-order valence-corrected chi connectivity index (χ4v) is 4.25. The van der Waals surface area contributed by atoms with Crippen molar-refractivity contribution in [2.75, 3.05) is 30.8 Å². The summed E-state index contributed by atoms with van der Waals surface area (Å²) in [4.78, 5) is 36.7. The zero-order valence-electron chi connectivity index (χ0n) is 20.4. The number of aliphatic carboxylic acids is 1. The fraction of sp³-hybridized carbons (Fsp3) is 0.261. The molecule has 0 radical (unpaired) electrons. The molecular weight excluding hydrogens is 524 g/mol. The van der Waals surface area contributed by atoms with Crippen LogP contribution in [-0.4, -0.2) is 72.6 Å². The van der Waals surface area contributed by atoms with Crippen molar-refractivity contribution in [1.29, 1.82) is 0 Å². The minimum atomic E-state index is -4.01. The van der Waals surface area contributed by atoms with Gasteiger partial charge in [0, 0.05) is 27.6 Å². The zero-order chi connectivity index (χ0) is 27.3. The van der Waals surface area contributed by atoms with E-state index in [2.05, 4.69) is 20.3 Å². The lowest BCUT2D eigenvalue weighted by Crippen LogP contribution is -2.33. The van der Waals surface area contributed by atoms with Crippen molar-refractivity contribution in [2.45, 2.75) is 24.3 Å². The Hall–Kier alpha value is -3.97. The van der Waals surface area contributed by atoms with Crippen LogP contribution >= 0.6 is 11.6 Å². The maximum atomic E-state index is 13.0. The summed E-state index contributed by atoms with van der Waals surface area (Å²) in [5.74, 6) is -1.42. The number of anilines is 2. The zero-order valence-corrected chi connectivity index (χ0v) is 22.0. The molecule has 12 nitrogen and oxygen atoms in total. The van der Waals surface area contributed by atoms with Crippen LogP contribution in [0, 0.1) is 6.92 Å². The lowest BCUT2D eigenvalue weighted by molar-refractivity contribution is -0.137. The molecule has 2 N–H and O–H groups in total. The van der Waals surface area contributed by atoms with Crippen LogP contribution in [0.1, 0.15) is 11.1 Å². The normalized spacial score (nSPS) is 11.9. The third-order valence-corrected chi connectivity index (χ3v) is 7.01. The fourth-order valence-electron chi connectivity index (χ4n) is 3.00. The number of nitrogens with one attached hydrogen (secondary N) is 1. The van der Waals surface area contributed by atoms with Gasteiger partial charge in [0.2, 0.25) is 17.2 Å². The number of carboxylic acids is 1. The van der Waals surface area contributed by atoms with Crippen molar-refractivity contribution in [3.05, 3.63) is 64.9 Å². The summed E-state index contributed by atoms with van der Waals surface area (Å²) in [5, 5.41) is 12.1. The lowest BCUT2D eigenvalue weighted by atomic mass is 10.1. The third-order valence-electron chi connectivity index (χ3n) is 5.09. The van der Waals surface area contributed by atoms with Gasteiger partial charge in [0.1, 0.15) is 11.8 Å². The van der Waals surface area contributed by atoms with Gasteiger partial charge in [-0.15, -0.1) is 0 Å². The molecule has 1 atom stereocenters. The van der Waals surface area contributed by atoms with E-state index in [1.54, 1.807) is 50.5 Å². The van der Waals surface area contributed by atoms with E-state index in [4.69, 9.17) is 16.3 Å². The highest BCUT2D eigenvalue weighted by atomic mass is 35.5. The second kappa shape index (κ2) is 11.4. The topological polar surface area (TPSA) is 155 Å². The Balaban J connectivity index is 1.79. The molecule has 0 saturated heterocycles. The molecule has 2 aromatic carbocycles. The number of rotatable bonds is 9. The molecule has 37 heavy (non-hydrogen) atoms. The van der Waals surface area contributed by atoms with Crippen molar-refractivity contribution in [3.63, 3.8) is 0 Å². The number of carbonyl (C=O) groups excluding carboxylic acids is 1.